The minimum absolute atomic E-state index is 0.0658. The average molecular weight is 360 g/mol. The molecule has 6 nitrogen and oxygen atoms in total. The van der Waals surface area contributed by atoms with Gasteiger partial charge in [0, 0.05) is 23.5 Å². The topological polar surface area (TPSA) is 90.0 Å². The summed E-state index contributed by atoms with van der Waals surface area (Å²) in [6, 6.07) is 3.76. The molecule has 0 aliphatic rings. The Bertz CT molecular complexity index is 727. The smallest absolute Gasteiger partial charge is 0.224 e. The highest BCUT2D eigenvalue weighted by molar-refractivity contribution is 7.77. The molecule has 9 heteroatoms. The number of anilines is 2. The van der Waals surface area contributed by atoms with Crippen LogP contribution in [-0.4, -0.2) is 18.7 Å². The van der Waals surface area contributed by atoms with Crippen molar-refractivity contribution in [2.45, 2.75) is 20.4 Å². The van der Waals surface area contributed by atoms with Crippen molar-refractivity contribution in [3.8, 4) is 0 Å². The van der Waals surface area contributed by atoms with E-state index >= 15 is 0 Å². The lowest BCUT2D eigenvalue weighted by atomic mass is 10.0. The third-order valence-electron chi connectivity index (χ3n) is 3.20. The maximum atomic E-state index is 10.7. The number of hydrogen-bond acceptors (Lipinski definition) is 5. The summed E-state index contributed by atoms with van der Waals surface area (Å²) in [4.78, 5) is 7.81. The summed E-state index contributed by atoms with van der Waals surface area (Å²) in [5.74, 6) is 0.356. The van der Waals surface area contributed by atoms with Crippen molar-refractivity contribution < 1.29 is 8.76 Å². The third-order valence-corrected chi connectivity index (χ3v) is 4.04. The summed E-state index contributed by atoms with van der Waals surface area (Å²) >= 11 is 9.46. The molecule has 22 heavy (non-hydrogen) atoms. The molecule has 0 radical (unpaired) electrons. The molecule has 2 N–H and O–H groups in total. The minimum Gasteiger partial charge on any atom is -0.760 e. The first-order chi connectivity index (χ1) is 10.4. The predicted molar refractivity (Wildman–Crippen MR) is 87.0 cm³/mol. The Labute approximate surface area is 140 Å². The lowest BCUT2D eigenvalue weighted by Gasteiger charge is -2.17. The van der Waals surface area contributed by atoms with Gasteiger partial charge < -0.3 is 9.87 Å². The van der Waals surface area contributed by atoms with E-state index < -0.39 is 11.3 Å². The monoisotopic (exact) mass is 359 g/mol. The molecular formula is C13H13Cl2N4O2S-. The molecule has 2 rings (SSSR count). The predicted octanol–water partition coefficient (Wildman–Crippen LogP) is 3.03. The largest absolute Gasteiger partial charge is 0.760 e. The second kappa shape index (κ2) is 7.34. The van der Waals surface area contributed by atoms with Crippen LogP contribution in [0.15, 0.2) is 18.3 Å². The molecule has 0 saturated carbocycles. The molecule has 0 spiro atoms. The van der Waals surface area contributed by atoms with Crippen LogP contribution in [0, 0.1) is 13.8 Å². The first-order valence-electron chi connectivity index (χ1n) is 6.25. The Kier molecular flexibility index (Phi) is 5.71. The fraction of sp³-hybridized carbons (Fsp3) is 0.231. The SMILES string of the molecule is Cc1ccc(Nc2nc(Cl)ncc2Cl)c(CNS(=O)[O-])c1C. The fourth-order valence-corrected chi connectivity index (χ4v) is 2.44. The van der Waals surface area contributed by atoms with Gasteiger partial charge in [0.05, 0.1) is 6.20 Å². The number of benzene rings is 1. The van der Waals surface area contributed by atoms with E-state index in [0.717, 1.165) is 16.7 Å². The molecule has 1 heterocycles. The van der Waals surface area contributed by atoms with Gasteiger partial charge in [0.1, 0.15) is 5.02 Å². The van der Waals surface area contributed by atoms with Gasteiger partial charge in [-0.25, -0.2) is 9.71 Å². The van der Waals surface area contributed by atoms with Crippen LogP contribution in [0.2, 0.25) is 10.3 Å². The Morgan fingerprint density at radius 2 is 2.05 bits per heavy atom. The molecule has 1 atom stereocenters. The second-order valence-electron chi connectivity index (χ2n) is 4.55. The van der Waals surface area contributed by atoms with Gasteiger partial charge in [-0.05, 0) is 48.2 Å². The van der Waals surface area contributed by atoms with Gasteiger partial charge in [0.2, 0.25) is 5.28 Å². The maximum Gasteiger partial charge on any atom is 0.224 e. The molecule has 2 aromatic rings. The molecule has 0 aliphatic carbocycles. The van der Waals surface area contributed by atoms with Crippen molar-refractivity contribution in [2.75, 3.05) is 5.32 Å². The summed E-state index contributed by atoms with van der Waals surface area (Å²) in [6.07, 6.45) is 1.39. The van der Waals surface area contributed by atoms with E-state index in [4.69, 9.17) is 23.2 Å². The quantitative estimate of drug-likeness (QED) is 0.632. The van der Waals surface area contributed by atoms with Gasteiger partial charge >= 0.3 is 0 Å². The van der Waals surface area contributed by atoms with Gasteiger partial charge in [0.25, 0.3) is 0 Å². The molecule has 0 fully saturated rings. The molecule has 0 saturated heterocycles. The second-order valence-corrected chi connectivity index (χ2v) is 6.05. The van der Waals surface area contributed by atoms with Crippen molar-refractivity contribution in [3.05, 3.63) is 45.3 Å². The van der Waals surface area contributed by atoms with Gasteiger partial charge in [-0.3, -0.25) is 4.21 Å². The van der Waals surface area contributed by atoms with Gasteiger partial charge in [-0.15, -0.1) is 0 Å². The van der Waals surface area contributed by atoms with Crippen LogP contribution in [0.5, 0.6) is 0 Å². The van der Waals surface area contributed by atoms with Crippen molar-refractivity contribution >= 4 is 46.0 Å². The number of halogens is 2. The first-order valence-corrected chi connectivity index (χ1v) is 8.08. The van der Waals surface area contributed by atoms with E-state index in [1.807, 2.05) is 26.0 Å². The number of nitrogens with one attached hydrogen (secondary N) is 2. The summed E-state index contributed by atoms with van der Waals surface area (Å²) in [5, 5.41) is 3.44. The maximum absolute atomic E-state index is 10.7. The zero-order chi connectivity index (χ0) is 16.3. The van der Waals surface area contributed by atoms with Gasteiger partial charge in [-0.1, -0.05) is 17.7 Å². The van der Waals surface area contributed by atoms with Crippen molar-refractivity contribution in [3.63, 3.8) is 0 Å². The van der Waals surface area contributed by atoms with Gasteiger partial charge in [0.15, 0.2) is 5.82 Å². The van der Waals surface area contributed by atoms with E-state index in [0.29, 0.717) is 16.5 Å². The van der Waals surface area contributed by atoms with Gasteiger partial charge in [-0.2, -0.15) is 4.98 Å². The highest BCUT2D eigenvalue weighted by atomic mass is 35.5. The lowest BCUT2D eigenvalue weighted by Crippen LogP contribution is -2.17. The van der Waals surface area contributed by atoms with E-state index in [1.54, 1.807) is 0 Å². The number of rotatable bonds is 5. The van der Waals surface area contributed by atoms with Crippen LogP contribution >= 0.6 is 23.2 Å². The lowest BCUT2D eigenvalue weighted by molar-refractivity contribution is 0.522. The number of aromatic nitrogens is 2. The Hall–Kier alpha value is -1.25. The highest BCUT2D eigenvalue weighted by Crippen LogP contribution is 2.28. The summed E-state index contributed by atoms with van der Waals surface area (Å²) in [7, 11) is 0. The van der Waals surface area contributed by atoms with Crippen LogP contribution in [0.4, 0.5) is 11.5 Å². The molecule has 1 unspecified atom stereocenters. The highest BCUT2D eigenvalue weighted by Gasteiger charge is 2.11. The third kappa shape index (κ3) is 4.15. The summed E-state index contributed by atoms with van der Waals surface area (Å²) in [6.45, 7) is 4.02. The zero-order valence-electron chi connectivity index (χ0n) is 11.8. The summed E-state index contributed by atoms with van der Waals surface area (Å²) < 4.78 is 23.9. The molecule has 1 aromatic carbocycles. The standard InChI is InChI=1S/C13H14Cl2N4O2S/c1-7-3-4-11(9(8(7)2)5-17-22(20)21)18-12-10(14)6-16-13(15)19-12/h3-4,6,17H,5H2,1-2H3,(H,20,21)(H,16,18,19)/p-1. The van der Waals surface area contributed by atoms with E-state index in [-0.39, 0.29) is 11.8 Å². The van der Waals surface area contributed by atoms with Crippen LogP contribution in [-0.2, 0) is 17.8 Å². The minimum atomic E-state index is -2.34. The Balaban J connectivity index is 2.39. The van der Waals surface area contributed by atoms with E-state index in [1.165, 1.54) is 6.20 Å². The first kappa shape index (κ1) is 17.1. The molecule has 118 valence electrons. The van der Waals surface area contributed by atoms with Crippen LogP contribution in [0.3, 0.4) is 0 Å². The summed E-state index contributed by atoms with van der Waals surface area (Å²) in [5.41, 5.74) is 3.51. The molecule has 0 amide bonds. The normalized spacial score (nSPS) is 12.2. The van der Waals surface area contributed by atoms with E-state index in [2.05, 4.69) is 20.0 Å². The fourth-order valence-electron chi connectivity index (χ4n) is 1.91. The van der Waals surface area contributed by atoms with Crippen molar-refractivity contribution in [1.82, 2.24) is 14.7 Å². The number of nitrogens with zero attached hydrogens (tertiary/aromatic N) is 2. The number of aryl methyl sites for hydroxylation is 1. The van der Waals surface area contributed by atoms with Crippen molar-refractivity contribution in [2.24, 2.45) is 0 Å². The molecule has 0 bridgehead atoms. The van der Waals surface area contributed by atoms with Crippen LogP contribution in [0.1, 0.15) is 16.7 Å². The average Bonchev–Trinajstić information content (AvgIpc) is 2.46. The van der Waals surface area contributed by atoms with Crippen LogP contribution < -0.4 is 10.0 Å². The van der Waals surface area contributed by atoms with Crippen LogP contribution in [0.25, 0.3) is 0 Å². The Morgan fingerprint density at radius 3 is 2.73 bits per heavy atom. The number of hydrogen-bond donors (Lipinski definition) is 2. The van der Waals surface area contributed by atoms with Crippen molar-refractivity contribution in [1.29, 1.82) is 0 Å². The molecular weight excluding hydrogens is 347 g/mol. The molecule has 1 aromatic heterocycles. The zero-order valence-corrected chi connectivity index (χ0v) is 14.1. The van der Waals surface area contributed by atoms with E-state index in [9.17, 15) is 8.76 Å². The Morgan fingerprint density at radius 1 is 1.32 bits per heavy atom. The molecule has 0 aliphatic heterocycles.